The Morgan fingerprint density at radius 3 is 2.73 bits per heavy atom. The summed E-state index contributed by atoms with van der Waals surface area (Å²) in [5.74, 6) is 1.74. The number of rotatable bonds is 4. The smallest absolute Gasteiger partial charge is 0.317 e. The lowest BCUT2D eigenvalue weighted by Gasteiger charge is -2.26. The van der Waals surface area contributed by atoms with E-state index < -0.39 is 0 Å². The van der Waals surface area contributed by atoms with Crippen molar-refractivity contribution in [1.29, 1.82) is 0 Å². The van der Waals surface area contributed by atoms with Gasteiger partial charge >= 0.3 is 6.09 Å². The zero-order chi connectivity index (χ0) is 15.5. The number of oxime groups is 1. The van der Waals surface area contributed by atoms with Crippen LogP contribution >= 0.6 is 0 Å². The Morgan fingerprint density at radius 2 is 2.00 bits per heavy atom. The predicted molar refractivity (Wildman–Crippen MR) is 86.8 cm³/mol. The van der Waals surface area contributed by atoms with Crippen molar-refractivity contribution in [2.75, 3.05) is 20.6 Å². The van der Waals surface area contributed by atoms with Crippen LogP contribution in [0.2, 0.25) is 0 Å². The van der Waals surface area contributed by atoms with Crippen molar-refractivity contribution in [3.63, 3.8) is 0 Å². The van der Waals surface area contributed by atoms with E-state index in [9.17, 15) is 4.79 Å². The van der Waals surface area contributed by atoms with Crippen LogP contribution in [0.25, 0.3) is 0 Å². The Labute approximate surface area is 133 Å². The zero-order valence-corrected chi connectivity index (χ0v) is 13.9. The molecule has 5 nitrogen and oxygen atoms in total. The molecule has 0 aromatic rings. The molecule has 0 aromatic carbocycles. The van der Waals surface area contributed by atoms with Crippen molar-refractivity contribution in [3.05, 3.63) is 0 Å². The Morgan fingerprint density at radius 1 is 1.23 bits per heavy atom. The molecule has 2 bridgehead atoms. The number of hydrogen-bond donors (Lipinski definition) is 1. The molecular weight excluding hydrogens is 278 g/mol. The summed E-state index contributed by atoms with van der Waals surface area (Å²) in [5, 5.41) is 7.25. The maximum Gasteiger partial charge on any atom is 0.433 e. The minimum atomic E-state index is -0.370. The molecule has 0 saturated heterocycles. The molecule has 5 heteroatoms. The van der Waals surface area contributed by atoms with Crippen LogP contribution in [0.1, 0.15) is 51.4 Å². The van der Waals surface area contributed by atoms with E-state index in [4.69, 9.17) is 4.84 Å². The molecule has 3 saturated carbocycles. The minimum absolute atomic E-state index is 0.277. The first-order valence-corrected chi connectivity index (χ1v) is 8.83. The lowest BCUT2D eigenvalue weighted by molar-refractivity contribution is 0.141. The first-order valence-electron chi connectivity index (χ1n) is 8.83. The number of hydrogen-bond acceptors (Lipinski definition) is 4. The van der Waals surface area contributed by atoms with E-state index in [0.717, 1.165) is 31.0 Å². The molecule has 22 heavy (non-hydrogen) atoms. The van der Waals surface area contributed by atoms with Gasteiger partial charge in [-0.1, -0.05) is 24.4 Å². The van der Waals surface area contributed by atoms with Gasteiger partial charge in [0.05, 0.1) is 5.71 Å². The summed E-state index contributed by atoms with van der Waals surface area (Å²) < 4.78 is 0. The van der Waals surface area contributed by atoms with Gasteiger partial charge < -0.3 is 10.2 Å². The van der Waals surface area contributed by atoms with E-state index in [1.54, 1.807) is 0 Å². The van der Waals surface area contributed by atoms with E-state index in [0.29, 0.717) is 11.8 Å². The van der Waals surface area contributed by atoms with Crippen LogP contribution in [-0.4, -0.2) is 43.4 Å². The Bertz CT molecular complexity index is 430. The summed E-state index contributed by atoms with van der Waals surface area (Å²) in [7, 11) is 4.19. The van der Waals surface area contributed by atoms with Crippen molar-refractivity contribution in [2.45, 2.75) is 57.4 Å². The van der Waals surface area contributed by atoms with Crippen LogP contribution in [-0.2, 0) is 4.84 Å². The van der Waals surface area contributed by atoms with Gasteiger partial charge in [0, 0.05) is 24.4 Å². The third kappa shape index (κ3) is 3.62. The highest BCUT2D eigenvalue weighted by atomic mass is 16.7. The monoisotopic (exact) mass is 307 g/mol. The topological polar surface area (TPSA) is 53.9 Å². The van der Waals surface area contributed by atoms with E-state index in [1.165, 1.54) is 38.5 Å². The molecule has 0 heterocycles. The van der Waals surface area contributed by atoms with E-state index in [2.05, 4.69) is 29.5 Å². The third-order valence-corrected chi connectivity index (χ3v) is 5.56. The number of nitrogens with zero attached hydrogens (tertiary/aromatic N) is 2. The highest BCUT2D eigenvalue weighted by Crippen LogP contribution is 2.46. The SMILES string of the molecule is CN(C)CC1/C(=N/OC(=O)NC2CCCCC2)C2CCC1C2. The fourth-order valence-corrected chi connectivity index (χ4v) is 4.51. The third-order valence-electron chi connectivity index (χ3n) is 5.56. The lowest BCUT2D eigenvalue weighted by atomic mass is 9.87. The van der Waals surface area contributed by atoms with Crippen LogP contribution < -0.4 is 5.32 Å². The highest BCUT2D eigenvalue weighted by molar-refractivity contribution is 5.92. The second-order valence-electron chi connectivity index (χ2n) is 7.51. The Kier molecular flexibility index (Phi) is 5.01. The molecule has 0 radical (unpaired) electrons. The van der Waals surface area contributed by atoms with Crippen molar-refractivity contribution >= 4 is 11.8 Å². The van der Waals surface area contributed by atoms with Crippen molar-refractivity contribution in [3.8, 4) is 0 Å². The maximum absolute atomic E-state index is 12.0. The molecular formula is C17H29N3O2. The zero-order valence-electron chi connectivity index (χ0n) is 13.9. The molecule has 3 aliphatic carbocycles. The molecule has 0 aliphatic heterocycles. The van der Waals surface area contributed by atoms with Crippen LogP contribution in [0.4, 0.5) is 4.79 Å². The molecule has 0 aromatic heterocycles. The van der Waals surface area contributed by atoms with Crippen LogP contribution in [0.15, 0.2) is 5.16 Å². The molecule has 3 rings (SSSR count). The van der Waals surface area contributed by atoms with Gasteiger partial charge in [0.1, 0.15) is 0 Å². The van der Waals surface area contributed by atoms with Crippen LogP contribution in [0.3, 0.4) is 0 Å². The molecule has 3 atom stereocenters. The van der Waals surface area contributed by atoms with Gasteiger partial charge in [-0.25, -0.2) is 4.79 Å². The maximum atomic E-state index is 12.0. The number of carbonyl (C=O) groups excluding carboxylic acids is 1. The largest absolute Gasteiger partial charge is 0.433 e. The van der Waals surface area contributed by atoms with Gasteiger partial charge in [0.25, 0.3) is 0 Å². The number of carbonyl (C=O) groups is 1. The minimum Gasteiger partial charge on any atom is -0.317 e. The fraction of sp³-hybridized carbons (Fsp3) is 0.882. The number of nitrogens with one attached hydrogen (secondary N) is 1. The van der Waals surface area contributed by atoms with Gasteiger partial charge in [-0.05, 0) is 52.1 Å². The summed E-state index contributed by atoms with van der Waals surface area (Å²) in [6.45, 7) is 1.01. The summed E-state index contributed by atoms with van der Waals surface area (Å²) in [5.41, 5.74) is 1.13. The van der Waals surface area contributed by atoms with Crippen molar-refractivity contribution in [1.82, 2.24) is 10.2 Å². The average Bonchev–Trinajstić information content (AvgIpc) is 3.07. The first kappa shape index (κ1) is 15.8. The van der Waals surface area contributed by atoms with Gasteiger partial charge in [0.15, 0.2) is 0 Å². The van der Waals surface area contributed by atoms with Crippen LogP contribution in [0, 0.1) is 17.8 Å². The molecule has 1 N–H and O–H groups in total. The molecule has 3 aliphatic rings. The Hall–Kier alpha value is -1.10. The number of amides is 1. The quantitative estimate of drug-likeness (QED) is 0.641. The molecule has 0 spiro atoms. The van der Waals surface area contributed by atoms with E-state index in [-0.39, 0.29) is 12.1 Å². The van der Waals surface area contributed by atoms with E-state index >= 15 is 0 Å². The second kappa shape index (κ2) is 6.99. The summed E-state index contributed by atoms with van der Waals surface area (Å²) in [4.78, 5) is 19.4. The molecule has 1 amide bonds. The summed E-state index contributed by atoms with van der Waals surface area (Å²) in [6.07, 6.45) is 9.19. The predicted octanol–water partition coefficient (Wildman–Crippen LogP) is 3.01. The van der Waals surface area contributed by atoms with E-state index in [1.807, 2.05) is 0 Å². The second-order valence-corrected chi connectivity index (χ2v) is 7.51. The molecule has 3 fully saturated rings. The van der Waals surface area contributed by atoms with Gasteiger partial charge in [-0.2, -0.15) is 0 Å². The normalized spacial score (nSPS) is 33.6. The molecule has 3 unspecified atom stereocenters. The Balaban J connectivity index is 1.55. The fourth-order valence-electron chi connectivity index (χ4n) is 4.51. The highest BCUT2D eigenvalue weighted by Gasteiger charge is 2.45. The number of fused-ring (bicyclic) bond motifs is 2. The average molecular weight is 307 g/mol. The summed E-state index contributed by atoms with van der Waals surface area (Å²) >= 11 is 0. The standard InChI is InChI=1S/C17H29N3O2/c1-20(2)11-15-12-8-9-13(10-12)16(15)19-22-17(21)18-14-6-4-3-5-7-14/h12-15H,3-11H2,1-2H3,(H,18,21)/b19-16+. The summed E-state index contributed by atoms with van der Waals surface area (Å²) in [6, 6.07) is 0.277. The van der Waals surface area contributed by atoms with Gasteiger partial charge in [-0.15, -0.1) is 0 Å². The van der Waals surface area contributed by atoms with Crippen molar-refractivity contribution < 1.29 is 9.63 Å². The van der Waals surface area contributed by atoms with Crippen LogP contribution in [0.5, 0.6) is 0 Å². The van der Waals surface area contributed by atoms with Crippen molar-refractivity contribution in [2.24, 2.45) is 22.9 Å². The lowest BCUT2D eigenvalue weighted by Crippen LogP contribution is -2.36. The molecule has 124 valence electrons. The van der Waals surface area contributed by atoms with Gasteiger partial charge in [0.2, 0.25) is 0 Å². The first-order chi connectivity index (χ1) is 10.6. The van der Waals surface area contributed by atoms with Gasteiger partial charge in [-0.3, -0.25) is 4.84 Å².